The van der Waals surface area contributed by atoms with Crippen molar-refractivity contribution in [1.29, 1.82) is 0 Å². The van der Waals surface area contributed by atoms with Crippen molar-refractivity contribution in [1.82, 2.24) is 25.0 Å². The summed E-state index contributed by atoms with van der Waals surface area (Å²) in [6.07, 6.45) is 3.66. The summed E-state index contributed by atoms with van der Waals surface area (Å²) in [5.41, 5.74) is 4.19. The van der Waals surface area contributed by atoms with Crippen LogP contribution >= 0.6 is 0 Å². The molecule has 1 unspecified atom stereocenters. The molecule has 164 valence electrons. The summed E-state index contributed by atoms with van der Waals surface area (Å²) in [6, 6.07) is 10.2. The number of carbonyl (C=O) groups is 1. The first-order valence-corrected chi connectivity index (χ1v) is 10.9. The van der Waals surface area contributed by atoms with Gasteiger partial charge in [0.15, 0.2) is 5.65 Å². The van der Waals surface area contributed by atoms with E-state index in [1.54, 1.807) is 11.8 Å². The average molecular weight is 422 g/mol. The molecule has 0 bridgehead atoms. The number of nitrogens with one attached hydrogen (secondary N) is 1. The maximum atomic E-state index is 13.1. The van der Waals surface area contributed by atoms with Crippen LogP contribution in [0.3, 0.4) is 0 Å². The molecule has 1 amide bonds. The lowest BCUT2D eigenvalue weighted by atomic mass is 10.0. The van der Waals surface area contributed by atoms with Crippen LogP contribution in [0.15, 0.2) is 30.3 Å². The second-order valence-corrected chi connectivity index (χ2v) is 8.30. The molecule has 1 saturated heterocycles. The molecule has 0 aliphatic carbocycles. The van der Waals surface area contributed by atoms with Crippen LogP contribution in [0.1, 0.15) is 52.6 Å². The second-order valence-electron chi connectivity index (χ2n) is 8.30. The number of hydrogen-bond acceptors (Lipinski definition) is 5. The lowest BCUT2D eigenvalue weighted by Gasteiger charge is -2.35. The van der Waals surface area contributed by atoms with Crippen molar-refractivity contribution in [3.05, 3.63) is 52.8 Å². The van der Waals surface area contributed by atoms with Crippen molar-refractivity contribution in [3.63, 3.8) is 0 Å². The van der Waals surface area contributed by atoms with Gasteiger partial charge in [0.25, 0.3) is 5.91 Å². The van der Waals surface area contributed by atoms with Crippen LogP contribution in [0.4, 0.5) is 0 Å². The number of pyridine rings is 1. The lowest BCUT2D eigenvalue weighted by Crippen LogP contribution is -2.40. The maximum absolute atomic E-state index is 13.1. The highest BCUT2D eigenvalue weighted by molar-refractivity contribution is 5.98. The quantitative estimate of drug-likeness (QED) is 0.659. The predicted molar refractivity (Wildman–Crippen MR) is 121 cm³/mol. The topological polar surface area (TPSA) is 72.3 Å². The van der Waals surface area contributed by atoms with E-state index >= 15 is 0 Å². The number of hydrogen-bond donors (Lipinski definition) is 1. The number of nitrogens with zero attached hydrogens (tertiary/aromatic N) is 4. The van der Waals surface area contributed by atoms with Crippen LogP contribution in [0.5, 0.6) is 5.75 Å². The summed E-state index contributed by atoms with van der Waals surface area (Å²) >= 11 is 0. The van der Waals surface area contributed by atoms with E-state index < -0.39 is 0 Å². The van der Waals surface area contributed by atoms with E-state index in [0.717, 1.165) is 35.6 Å². The zero-order chi connectivity index (χ0) is 22.0. The van der Waals surface area contributed by atoms with Crippen molar-refractivity contribution >= 4 is 16.9 Å². The standard InChI is InChI=1S/C24H31N5O2/c1-16-21(14-20-17(2)27-28(3)23(20)26-16)24(30)25-15-22(29-12-6-5-7-13-29)18-8-10-19(31-4)11-9-18/h8-11,14,22H,5-7,12-13,15H2,1-4H3,(H,25,30). The molecule has 0 spiro atoms. The second kappa shape index (κ2) is 9.06. The fourth-order valence-electron chi connectivity index (χ4n) is 4.46. The monoisotopic (exact) mass is 421 g/mol. The fraction of sp³-hybridized carbons (Fsp3) is 0.458. The molecule has 2 aromatic heterocycles. The number of fused-ring (bicyclic) bond motifs is 1. The summed E-state index contributed by atoms with van der Waals surface area (Å²) < 4.78 is 7.07. The molecular weight excluding hydrogens is 390 g/mol. The predicted octanol–water partition coefficient (Wildman–Crippen LogP) is 3.55. The van der Waals surface area contributed by atoms with Gasteiger partial charge in [-0.05, 0) is 63.5 Å². The molecule has 1 N–H and O–H groups in total. The smallest absolute Gasteiger partial charge is 0.253 e. The molecule has 1 aliphatic heterocycles. The van der Waals surface area contributed by atoms with Crippen LogP contribution in [-0.2, 0) is 7.05 Å². The Morgan fingerprint density at radius 2 is 1.84 bits per heavy atom. The van der Waals surface area contributed by atoms with Gasteiger partial charge in [0.05, 0.1) is 30.1 Å². The summed E-state index contributed by atoms with van der Waals surface area (Å²) in [4.78, 5) is 20.2. The van der Waals surface area contributed by atoms with E-state index in [0.29, 0.717) is 17.8 Å². The highest BCUT2D eigenvalue weighted by Crippen LogP contribution is 2.26. The highest BCUT2D eigenvalue weighted by atomic mass is 16.5. The number of benzene rings is 1. The molecule has 3 aromatic rings. The van der Waals surface area contributed by atoms with Crippen molar-refractivity contribution in [2.75, 3.05) is 26.7 Å². The third-order valence-electron chi connectivity index (χ3n) is 6.22. The Hall–Kier alpha value is -2.93. The van der Waals surface area contributed by atoms with Gasteiger partial charge < -0.3 is 10.1 Å². The molecule has 0 saturated carbocycles. The molecule has 31 heavy (non-hydrogen) atoms. The van der Waals surface area contributed by atoms with Gasteiger partial charge >= 0.3 is 0 Å². The first-order chi connectivity index (χ1) is 15.0. The van der Waals surface area contributed by atoms with Gasteiger partial charge in [-0.15, -0.1) is 0 Å². The maximum Gasteiger partial charge on any atom is 0.253 e. The summed E-state index contributed by atoms with van der Waals surface area (Å²) in [5.74, 6) is 0.748. The molecule has 1 fully saturated rings. The van der Waals surface area contributed by atoms with E-state index in [9.17, 15) is 4.79 Å². The third-order valence-corrected chi connectivity index (χ3v) is 6.22. The third kappa shape index (κ3) is 4.42. The number of methoxy groups -OCH3 is 1. The van der Waals surface area contributed by atoms with Gasteiger partial charge in [0.1, 0.15) is 5.75 Å². The molecule has 3 heterocycles. The largest absolute Gasteiger partial charge is 0.497 e. The van der Waals surface area contributed by atoms with E-state index in [1.807, 2.05) is 39.1 Å². The van der Waals surface area contributed by atoms with Crippen molar-refractivity contribution < 1.29 is 9.53 Å². The number of amides is 1. The van der Waals surface area contributed by atoms with Crippen LogP contribution in [0.2, 0.25) is 0 Å². The highest BCUT2D eigenvalue weighted by Gasteiger charge is 2.24. The minimum atomic E-state index is -0.0920. The van der Waals surface area contributed by atoms with Gasteiger partial charge in [-0.2, -0.15) is 5.10 Å². The average Bonchev–Trinajstić information content (AvgIpc) is 3.06. The van der Waals surface area contributed by atoms with Crippen LogP contribution in [0.25, 0.3) is 11.0 Å². The molecule has 1 aromatic carbocycles. The zero-order valence-electron chi connectivity index (χ0n) is 18.8. The summed E-state index contributed by atoms with van der Waals surface area (Å²) in [7, 11) is 3.55. The van der Waals surface area contributed by atoms with Crippen molar-refractivity contribution in [2.24, 2.45) is 7.05 Å². The van der Waals surface area contributed by atoms with Crippen LogP contribution < -0.4 is 10.1 Å². The van der Waals surface area contributed by atoms with E-state index in [1.165, 1.54) is 24.8 Å². The number of ether oxygens (including phenoxy) is 1. The number of aromatic nitrogens is 3. The number of rotatable bonds is 6. The molecule has 1 atom stereocenters. The summed E-state index contributed by atoms with van der Waals surface area (Å²) in [6.45, 7) is 6.47. The van der Waals surface area contributed by atoms with Gasteiger partial charge in [-0.1, -0.05) is 18.6 Å². The van der Waals surface area contributed by atoms with Crippen molar-refractivity contribution in [3.8, 4) is 5.75 Å². The van der Waals surface area contributed by atoms with E-state index in [2.05, 4.69) is 32.4 Å². The van der Waals surface area contributed by atoms with Crippen molar-refractivity contribution in [2.45, 2.75) is 39.2 Å². The molecule has 7 nitrogen and oxygen atoms in total. The lowest BCUT2D eigenvalue weighted by molar-refractivity contribution is 0.0923. The number of piperidine rings is 1. The number of likely N-dealkylation sites (tertiary alicyclic amines) is 1. The molecule has 0 radical (unpaired) electrons. The van der Waals surface area contributed by atoms with Gasteiger partial charge in [0.2, 0.25) is 0 Å². The van der Waals surface area contributed by atoms with Gasteiger partial charge in [-0.25, -0.2) is 4.98 Å². The first kappa shape index (κ1) is 21.3. The Kier molecular flexibility index (Phi) is 6.23. The minimum absolute atomic E-state index is 0.0920. The van der Waals surface area contributed by atoms with Gasteiger partial charge in [-0.3, -0.25) is 14.4 Å². The van der Waals surface area contributed by atoms with E-state index in [4.69, 9.17) is 4.74 Å². The zero-order valence-corrected chi connectivity index (χ0v) is 18.8. The first-order valence-electron chi connectivity index (χ1n) is 10.9. The Bertz CT molecular complexity index is 1070. The minimum Gasteiger partial charge on any atom is -0.497 e. The number of carbonyl (C=O) groups excluding carboxylic acids is 1. The fourth-order valence-corrected chi connectivity index (χ4v) is 4.46. The van der Waals surface area contributed by atoms with Gasteiger partial charge in [0, 0.05) is 19.0 Å². The Labute approximate surface area is 183 Å². The molecular formula is C24H31N5O2. The Morgan fingerprint density at radius 1 is 1.13 bits per heavy atom. The normalized spacial score (nSPS) is 15.7. The Morgan fingerprint density at radius 3 is 2.52 bits per heavy atom. The number of aryl methyl sites for hydroxylation is 3. The van der Waals surface area contributed by atoms with Crippen LogP contribution in [0, 0.1) is 13.8 Å². The SMILES string of the molecule is COc1ccc(C(CNC(=O)c2cc3c(C)nn(C)c3nc2C)N2CCCCC2)cc1. The Balaban J connectivity index is 1.56. The van der Waals surface area contributed by atoms with E-state index in [-0.39, 0.29) is 11.9 Å². The summed E-state index contributed by atoms with van der Waals surface area (Å²) in [5, 5.41) is 8.52. The molecule has 4 rings (SSSR count). The molecule has 7 heteroatoms. The van der Waals surface area contributed by atoms with Crippen LogP contribution in [-0.4, -0.2) is 52.3 Å². The molecule has 1 aliphatic rings.